The number of amidine groups is 2. The van der Waals surface area contributed by atoms with Crippen molar-refractivity contribution >= 4 is 44.9 Å². The first-order valence-electron chi connectivity index (χ1n) is 9.74. The number of hydrazone groups is 1. The fourth-order valence-corrected chi connectivity index (χ4v) is 4.41. The van der Waals surface area contributed by atoms with Crippen molar-refractivity contribution in [3.63, 3.8) is 0 Å². The number of fused-ring (bicyclic) bond motifs is 1. The van der Waals surface area contributed by atoms with Crippen molar-refractivity contribution in [1.82, 2.24) is 15.3 Å². The molecule has 0 saturated carbocycles. The molecule has 9 nitrogen and oxygen atoms in total. The van der Waals surface area contributed by atoms with Gasteiger partial charge in [0.05, 0.1) is 18.7 Å². The van der Waals surface area contributed by atoms with Crippen molar-refractivity contribution in [2.75, 3.05) is 19.7 Å². The zero-order chi connectivity index (χ0) is 23.1. The molecule has 1 atom stereocenters. The molecule has 2 aliphatic rings. The highest BCUT2D eigenvalue weighted by atomic mass is 79.9. The number of thiazole rings is 1. The summed E-state index contributed by atoms with van der Waals surface area (Å²) in [6.45, 7) is 2.94. The van der Waals surface area contributed by atoms with Gasteiger partial charge in [0.1, 0.15) is 11.7 Å². The summed E-state index contributed by atoms with van der Waals surface area (Å²) in [6.07, 6.45) is 2.31. The Hall–Kier alpha value is -2.83. The molecule has 2 aliphatic heterocycles. The molecule has 0 unspecified atom stereocenters. The average Bonchev–Trinajstić information content (AvgIpc) is 3.45. The van der Waals surface area contributed by atoms with E-state index in [2.05, 4.69) is 36.4 Å². The largest absolute Gasteiger partial charge is 0.463 e. The first kappa shape index (κ1) is 23.8. The van der Waals surface area contributed by atoms with E-state index in [9.17, 15) is 9.18 Å². The van der Waals surface area contributed by atoms with E-state index < -0.39 is 0 Å². The minimum atomic E-state index is -0.341. The van der Waals surface area contributed by atoms with E-state index in [1.165, 1.54) is 23.5 Å². The van der Waals surface area contributed by atoms with Crippen LogP contribution in [0.1, 0.15) is 18.4 Å². The summed E-state index contributed by atoms with van der Waals surface area (Å²) in [5.41, 5.74) is 3.96. The maximum atomic E-state index is 12.3. The van der Waals surface area contributed by atoms with Crippen LogP contribution in [-0.2, 0) is 9.53 Å². The van der Waals surface area contributed by atoms with E-state index in [1.54, 1.807) is 25.3 Å². The lowest BCUT2D eigenvalue weighted by Gasteiger charge is -2.26. The minimum absolute atomic E-state index is 0.0531. The number of nitrogens with one attached hydrogen (secondary N) is 1. The van der Waals surface area contributed by atoms with Crippen LogP contribution in [0.3, 0.4) is 0 Å². The molecule has 0 amide bonds. The highest BCUT2D eigenvalue weighted by molar-refractivity contribution is 9.10. The molecule has 0 aliphatic carbocycles. The van der Waals surface area contributed by atoms with Crippen LogP contribution in [0.25, 0.3) is 0 Å². The van der Waals surface area contributed by atoms with Crippen LogP contribution in [0.2, 0.25) is 0 Å². The third-order valence-electron chi connectivity index (χ3n) is 4.77. The molecule has 0 radical (unpaired) electrons. The molecular weight excluding hydrogens is 501 g/mol. The van der Waals surface area contributed by atoms with Crippen LogP contribution < -0.4 is 17.1 Å². The maximum absolute atomic E-state index is 12.3. The van der Waals surface area contributed by atoms with E-state index in [4.69, 9.17) is 16.4 Å². The molecule has 1 fully saturated rings. The Labute approximate surface area is 197 Å². The predicted molar refractivity (Wildman–Crippen MR) is 125 cm³/mol. The van der Waals surface area contributed by atoms with Gasteiger partial charge in [0.15, 0.2) is 10.8 Å². The third kappa shape index (κ3) is 5.50. The predicted octanol–water partition coefficient (Wildman–Crippen LogP) is 2.37. The fraction of sp³-hybridized carbons (Fsp3) is 0.300. The number of hydrogen-bond acceptors (Lipinski definition) is 9. The second-order valence-corrected chi connectivity index (χ2v) is 8.54. The summed E-state index contributed by atoms with van der Waals surface area (Å²) >= 11 is 4.62. The van der Waals surface area contributed by atoms with Crippen molar-refractivity contribution in [2.45, 2.75) is 13.3 Å². The zero-order valence-corrected chi connectivity index (χ0v) is 19.7. The molecule has 3 heterocycles. The van der Waals surface area contributed by atoms with Gasteiger partial charge in [-0.2, -0.15) is 5.10 Å². The summed E-state index contributed by atoms with van der Waals surface area (Å²) in [7, 11) is 0. The number of aliphatic imine (C=N–C) groups is 1. The molecule has 1 saturated heterocycles. The SMILES string of the molecule is CCOC(=O)C1=C2C[C@@H](/C(=N/N)NN)CN2C(c2nccs2)=NC1.Fc1cccc(Br)c1. The standard InChI is InChI=1S/C14H19N7O2S.C6H4BrF/c1-2-23-14(22)9-6-18-12(13-17-3-4-24-13)21-7-8(5-10(9)21)11(19-15)20-16;7-5-2-1-3-6(8)4-5/h3-4,8H,2,5-7,15-16H2,1H3,(H,19,20);1-4H/t8-;/m1./s1. The highest BCUT2D eigenvalue weighted by Crippen LogP contribution is 2.34. The molecular formula is C20H23BrFN7O2S. The minimum Gasteiger partial charge on any atom is -0.463 e. The molecule has 1 aromatic heterocycles. The highest BCUT2D eigenvalue weighted by Gasteiger charge is 2.39. The van der Waals surface area contributed by atoms with Gasteiger partial charge in [-0.15, -0.1) is 11.3 Å². The third-order valence-corrected chi connectivity index (χ3v) is 6.03. The molecule has 2 aromatic rings. The molecule has 170 valence electrons. The van der Waals surface area contributed by atoms with Crippen molar-refractivity contribution in [3.05, 3.63) is 62.4 Å². The number of rotatable bonds is 4. The average molecular weight is 524 g/mol. The molecule has 5 N–H and O–H groups in total. The van der Waals surface area contributed by atoms with Crippen LogP contribution >= 0.6 is 27.3 Å². The number of esters is 1. The van der Waals surface area contributed by atoms with Gasteiger partial charge < -0.3 is 20.9 Å². The second kappa shape index (κ2) is 11.2. The zero-order valence-electron chi connectivity index (χ0n) is 17.3. The van der Waals surface area contributed by atoms with E-state index in [-0.39, 0.29) is 24.2 Å². The Morgan fingerprint density at radius 2 is 2.31 bits per heavy atom. The number of hydrogen-bond donors (Lipinski definition) is 3. The maximum Gasteiger partial charge on any atom is 0.337 e. The van der Waals surface area contributed by atoms with Gasteiger partial charge in [0, 0.05) is 40.6 Å². The Kier molecular flexibility index (Phi) is 8.31. The Morgan fingerprint density at radius 3 is 2.88 bits per heavy atom. The van der Waals surface area contributed by atoms with Gasteiger partial charge >= 0.3 is 5.97 Å². The second-order valence-electron chi connectivity index (χ2n) is 6.73. The quantitative estimate of drug-likeness (QED) is 0.184. The summed E-state index contributed by atoms with van der Waals surface area (Å²) in [5.74, 6) is 11.5. The number of aromatic nitrogens is 1. The van der Waals surface area contributed by atoms with Gasteiger partial charge in [-0.25, -0.2) is 20.0 Å². The molecule has 1 aromatic carbocycles. The summed E-state index contributed by atoms with van der Waals surface area (Å²) < 4.78 is 18.1. The van der Waals surface area contributed by atoms with E-state index in [0.29, 0.717) is 31.0 Å². The van der Waals surface area contributed by atoms with Gasteiger partial charge in [-0.1, -0.05) is 22.0 Å². The first-order valence-corrected chi connectivity index (χ1v) is 11.4. The van der Waals surface area contributed by atoms with Gasteiger partial charge in [-0.3, -0.25) is 4.99 Å². The van der Waals surface area contributed by atoms with Crippen molar-refractivity contribution in [1.29, 1.82) is 0 Å². The topological polar surface area (TPSA) is 131 Å². The van der Waals surface area contributed by atoms with E-state index >= 15 is 0 Å². The Bertz CT molecular complexity index is 1030. The lowest BCUT2D eigenvalue weighted by molar-refractivity contribution is -0.138. The smallest absolute Gasteiger partial charge is 0.337 e. The van der Waals surface area contributed by atoms with E-state index in [1.807, 2.05) is 10.3 Å². The van der Waals surface area contributed by atoms with Crippen LogP contribution in [0.4, 0.5) is 4.39 Å². The lowest BCUT2D eigenvalue weighted by atomic mass is 10.0. The summed E-state index contributed by atoms with van der Waals surface area (Å²) in [5, 5.41) is 6.40. The van der Waals surface area contributed by atoms with Crippen molar-refractivity contribution < 1.29 is 13.9 Å². The number of nitrogens with zero attached hydrogens (tertiary/aromatic N) is 4. The van der Waals surface area contributed by atoms with Crippen LogP contribution in [0.15, 0.2) is 61.7 Å². The number of nitrogens with two attached hydrogens (primary N) is 2. The Balaban J connectivity index is 0.000000305. The number of carbonyl (C=O) groups is 1. The van der Waals surface area contributed by atoms with E-state index in [0.717, 1.165) is 21.0 Å². The van der Waals surface area contributed by atoms with Gasteiger partial charge in [0.2, 0.25) is 0 Å². The van der Waals surface area contributed by atoms with Gasteiger partial charge in [-0.05, 0) is 25.1 Å². The molecule has 0 spiro atoms. The molecule has 12 heteroatoms. The number of carbonyl (C=O) groups excluding carboxylic acids is 1. The van der Waals surface area contributed by atoms with Gasteiger partial charge in [0.25, 0.3) is 0 Å². The number of hydrazine groups is 1. The first-order chi connectivity index (χ1) is 15.5. The van der Waals surface area contributed by atoms with Crippen LogP contribution in [0.5, 0.6) is 0 Å². The van der Waals surface area contributed by atoms with Crippen molar-refractivity contribution in [2.24, 2.45) is 27.7 Å². The number of ether oxygens (including phenoxy) is 1. The summed E-state index contributed by atoms with van der Waals surface area (Å²) in [4.78, 5) is 23.1. The number of halogens is 2. The monoisotopic (exact) mass is 523 g/mol. The Morgan fingerprint density at radius 1 is 1.50 bits per heavy atom. The number of benzene rings is 1. The molecule has 32 heavy (non-hydrogen) atoms. The van der Waals surface area contributed by atoms with Crippen LogP contribution in [-0.4, -0.2) is 47.2 Å². The lowest BCUT2D eigenvalue weighted by Crippen LogP contribution is -2.39. The number of allylic oxidation sites excluding steroid dienone is 1. The van der Waals surface area contributed by atoms with Crippen molar-refractivity contribution in [3.8, 4) is 0 Å². The molecule has 4 rings (SSSR count). The molecule has 0 bridgehead atoms. The van der Waals surface area contributed by atoms with Crippen LogP contribution in [0, 0.1) is 11.7 Å². The summed E-state index contributed by atoms with van der Waals surface area (Å²) in [6, 6.07) is 6.26. The fourth-order valence-electron chi connectivity index (χ4n) is 3.39. The normalized spacial score (nSPS) is 17.9.